The normalized spacial score (nSPS) is 16.0. The van der Waals surface area contributed by atoms with Gasteiger partial charge in [0.05, 0.1) is 30.9 Å². The Bertz CT molecular complexity index is 2880. The van der Waals surface area contributed by atoms with Crippen LogP contribution in [-0.2, 0) is 56.0 Å². The molecule has 0 radical (unpaired) electrons. The third-order valence-electron chi connectivity index (χ3n) is 14.2. The van der Waals surface area contributed by atoms with Crippen LogP contribution in [0.1, 0.15) is 66.8 Å². The predicted octanol–water partition coefficient (Wildman–Crippen LogP) is 8.45. The molecule has 1 fully saturated rings. The minimum absolute atomic E-state index is 0.0494. The summed E-state index contributed by atoms with van der Waals surface area (Å²) in [5, 5.41) is 13.9. The van der Waals surface area contributed by atoms with E-state index >= 15 is 9.59 Å². The van der Waals surface area contributed by atoms with Crippen LogP contribution in [0.2, 0.25) is 5.02 Å². The number of ether oxygens (including phenoxy) is 2. The number of anilines is 3. The molecule has 3 amide bonds. The minimum atomic E-state index is -0.251. The van der Waals surface area contributed by atoms with Crippen molar-refractivity contribution in [2.45, 2.75) is 59.2 Å². The van der Waals surface area contributed by atoms with Crippen LogP contribution in [0.25, 0.3) is 11.3 Å². The average molecular weight is 939 g/mol. The van der Waals surface area contributed by atoms with Crippen LogP contribution in [0.4, 0.5) is 17.2 Å². The lowest BCUT2D eigenvalue weighted by Crippen LogP contribution is -2.43. The van der Waals surface area contributed by atoms with Gasteiger partial charge < -0.3 is 38.8 Å². The van der Waals surface area contributed by atoms with E-state index in [2.05, 4.69) is 35.3 Å². The van der Waals surface area contributed by atoms with Gasteiger partial charge in [0.1, 0.15) is 23.9 Å². The molecule has 6 aromatic rings. The van der Waals surface area contributed by atoms with Crippen molar-refractivity contribution in [1.82, 2.24) is 23.8 Å². The van der Waals surface area contributed by atoms with Gasteiger partial charge in [-0.05, 0) is 116 Å². The van der Waals surface area contributed by atoms with E-state index in [-0.39, 0.29) is 35.9 Å². The van der Waals surface area contributed by atoms with E-state index in [1.54, 1.807) is 35.2 Å². The van der Waals surface area contributed by atoms with E-state index in [0.29, 0.717) is 65.9 Å². The number of morpholine rings is 1. The van der Waals surface area contributed by atoms with E-state index in [1.807, 2.05) is 96.4 Å². The maximum Gasteiger partial charge on any atom is 0.264 e. The molecule has 9 rings (SSSR count). The molecule has 5 heterocycles. The van der Waals surface area contributed by atoms with E-state index in [9.17, 15) is 9.90 Å². The summed E-state index contributed by atoms with van der Waals surface area (Å²) in [4.78, 5) is 52.2. The fourth-order valence-corrected chi connectivity index (χ4v) is 10.1. The lowest BCUT2D eigenvalue weighted by Gasteiger charge is -2.36. The van der Waals surface area contributed by atoms with Gasteiger partial charge in [-0.3, -0.25) is 24.2 Å². The van der Waals surface area contributed by atoms with Crippen LogP contribution in [0.3, 0.4) is 0 Å². The summed E-state index contributed by atoms with van der Waals surface area (Å²) in [5.74, 6) is 1.19. The number of nitrogens with zero attached hydrogens (tertiary/aromatic N) is 6. The van der Waals surface area contributed by atoms with Crippen LogP contribution in [0.5, 0.6) is 11.5 Å². The van der Waals surface area contributed by atoms with Crippen molar-refractivity contribution in [3.8, 4) is 22.8 Å². The first kappa shape index (κ1) is 46.6. The third-order valence-corrected chi connectivity index (χ3v) is 14.6. The van der Waals surface area contributed by atoms with Crippen LogP contribution in [0, 0.1) is 13.8 Å². The zero-order chi connectivity index (χ0) is 47.8. The van der Waals surface area contributed by atoms with Crippen molar-refractivity contribution >= 4 is 46.5 Å². The molecule has 0 unspecified atom stereocenters. The van der Waals surface area contributed by atoms with Gasteiger partial charge in [0.2, 0.25) is 5.91 Å². The number of hydrogen-bond donors (Lipinski definition) is 2. The topological polar surface area (TPSA) is 125 Å². The van der Waals surface area contributed by atoms with Gasteiger partial charge in [0.25, 0.3) is 11.8 Å². The number of carbonyl (C=O) groups excluding carboxylic acids is 3. The Morgan fingerprint density at radius 1 is 0.838 bits per heavy atom. The number of rotatable bonds is 12. The van der Waals surface area contributed by atoms with E-state index < -0.39 is 0 Å². The molecule has 0 aliphatic carbocycles. The highest BCUT2D eigenvalue weighted by Gasteiger charge is 2.34. The van der Waals surface area contributed by atoms with Gasteiger partial charge in [-0.1, -0.05) is 41.9 Å². The fraction of sp³-hybridized carbons (Fsp3) is 0.352. The number of phenolic OH excluding ortho intramolecular Hbond substituents is 1. The Morgan fingerprint density at radius 3 is 2.31 bits per heavy atom. The molecule has 14 heteroatoms. The number of nitrogens with one attached hydrogen (secondary N) is 1. The van der Waals surface area contributed by atoms with Crippen molar-refractivity contribution in [1.29, 1.82) is 0 Å². The van der Waals surface area contributed by atoms with E-state index in [0.717, 1.165) is 90.0 Å². The molecule has 0 saturated carbocycles. The number of benzene rings is 4. The number of halogens is 1. The summed E-state index contributed by atoms with van der Waals surface area (Å²) in [6.45, 7) is 11.9. The maximum atomic E-state index is 15.2. The summed E-state index contributed by atoms with van der Waals surface area (Å²) in [6, 6.07) is 28.3. The second-order valence-corrected chi connectivity index (χ2v) is 18.7. The molecule has 2 aromatic heterocycles. The molecule has 1 saturated heterocycles. The number of amides is 3. The van der Waals surface area contributed by atoms with Gasteiger partial charge in [-0.2, -0.15) is 0 Å². The van der Waals surface area contributed by atoms with Crippen molar-refractivity contribution < 1.29 is 29.0 Å². The van der Waals surface area contributed by atoms with Gasteiger partial charge in [0, 0.05) is 111 Å². The molecular formula is C54H60ClN7O6. The molecule has 4 aromatic carbocycles. The smallest absolute Gasteiger partial charge is 0.264 e. The highest BCUT2D eigenvalue weighted by Crippen LogP contribution is 2.39. The quantitative estimate of drug-likeness (QED) is 0.125. The van der Waals surface area contributed by atoms with Crippen molar-refractivity contribution in [3.05, 3.63) is 146 Å². The highest BCUT2D eigenvalue weighted by molar-refractivity contribution is 6.31. The summed E-state index contributed by atoms with van der Waals surface area (Å²) < 4.78 is 15.4. The zero-order valence-corrected chi connectivity index (χ0v) is 40.5. The van der Waals surface area contributed by atoms with E-state index in [4.69, 9.17) is 21.1 Å². The van der Waals surface area contributed by atoms with Crippen molar-refractivity contribution in [2.24, 2.45) is 14.1 Å². The summed E-state index contributed by atoms with van der Waals surface area (Å²) in [6.07, 6.45) is 1.46. The Kier molecular flexibility index (Phi) is 13.4. The van der Waals surface area contributed by atoms with Crippen LogP contribution in [-0.4, -0.2) is 106 Å². The molecule has 0 spiro atoms. The van der Waals surface area contributed by atoms with Gasteiger partial charge in [-0.15, -0.1) is 0 Å². The Labute approximate surface area is 403 Å². The van der Waals surface area contributed by atoms with Crippen molar-refractivity contribution in [3.63, 3.8) is 0 Å². The number of fused-ring (bicyclic) bond motifs is 2. The lowest BCUT2D eigenvalue weighted by molar-refractivity contribution is -0.131. The molecule has 68 heavy (non-hydrogen) atoms. The number of phenols is 1. The molecule has 3 aliphatic heterocycles. The van der Waals surface area contributed by atoms with Crippen LogP contribution in [0.15, 0.2) is 91.0 Å². The van der Waals surface area contributed by atoms with Gasteiger partial charge in [0.15, 0.2) is 0 Å². The Balaban J connectivity index is 1.03. The summed E-state index contributed by atoms with van der Waals surface area (Å²) >= 11 is 6.76. The molecule has 13 nitrogen and oxygen atoms in total. The summed E-state index contributed by atoms with van der Waals surface area (Å²) in [5.41, 5.74) is 10.4. The zero-order valence-electron chi connectivity index (χ0n) is 39.8. The largest absolute Gasteiger partial charge is 0.508 e. The molecule has 3 aliphatic rings. The molecule has 354 valence electrons. The maximum absolute atomic E-state index is 15.2. The first-order valence-electron chi connectivity index (χ1n) is 23.5. The standard InChI is InChI=1S/C54H60ClN7O6/c1-34-25-37-9-7-8-10-40(37)33-61(34)53(65)47-27-41-32-60(52(64)28-39-11-16-44(29-48(39)55)68-24-21-59-19-22-67-23-20-59)18-17-38(41)26-46(47)50-30-45(35(2)57(50)5)54(66)62(42-12-14-43(63)15-13-42)49-31-51(56-4)58(6)36(49)3/h7-16,26-27,29-31,34,56,63H,17-25,28,32-33H2,1-6H3/t34-/m1/s1. The average Bonchev–Trinajstić information content (AvgIpc) is 3.80. The first-order valence-corrected chi connectivity index (χ1v) is 23.8. The number of aromatic nitrogens is 2. The molecular weight excluding hydrogens is 878 g/mol. The first-order chi connectivity index (χ1) is 32.8. The Hall–Kier alpha value is -6.54. The number of hydrogen-bond acceptors (Lipinski definition) is 8. The third kappa shape index (κ3) is 9.22. The molecule has 2 N–H and O–H groups in total. The number of carbonyl (C=O) groups is 3. The second-order valence-electron chi connectivity index (χ2n) is 18.3. The minimum Gasteiger partial charge on any atom is -0.508 e. The van der Waals surface area contributed by atoms with Crippen LogP contribution < -0.4 is 15.0 Å². The van der Waals surface area contributed by atoms with Gasteiger partial charge in [-0.25, -0.2) is 0 Å². The predicted molar refractivity (Wildman–Crippen MR) is 266 cm³/mol. The number of aromatic hydroxyl groups is 1. The SMILES string of the molecule is CNc1cc(N(C(=O)c2cc(-c3cc4c(cc3C(=O)N3Cc5ccccc5C[C@H]3C)CN(C(=O)Cc3ccc(OCCN5CCOCC5)cc3Cl)CC4)n(C)c2C)c2ccc(O)cc2)c(C)n1C. The fourth-order valence-electron chi connectivity index (χ4n) is 9.88. The van der Waals surface area contributed by atoms with Gasteiger partial charge >= 0.3 is 0 Å². The van der Waals surface area contributed by atoms with Crippen LogP contribution >= 0.6 is 11.6 Å². The monoisotopic (exact) mass is 937 g/mol. The lowest BCUT2D eigenvalue weighted by atomic mass is 9.89. The molecule has 1 atom stereocenters. The van der Waals surface area contributed by atoms with Crippen molar-refractivity contribution in [2.75, 3.05) is 63.3 Å². The Morgan fingerprint density at radius 2 is 1.59 bits per heavy atom. The second kappa shape index (κ2) is 19.6. The van der Waals surface area contributed by atoms with E-state index in [1.165, 1.54) is 5.56 Å². The highest BCUT2D eigenvalue weighted by atomic mass is 35.5. The molecule has 0 bridgehead atoms. The summed E-state index contributed by atoms with van der Waals surface area (Å²) in [7, 11) is 5.72.